The molecule has 2 aromatic carbocycles. The number of amidine groups is 1. The Kier molecular flexibility index (Phi) is 3.28. The van der Waals surface area contributed by atoms with Gasteiger partial charge in [-0.2, -0.15) is 5.26 Å². The second-order valence-electron chi connectivity index (χ2n) is 7.48. The first kappa shape index (κ1) is 16.2. The zero-order chi connectivity index (χ0) is 18.6. The van der Waals surface area contributed by atoms with Crippen molar-refractivity contribution in [2.75, 3.05) is 13.2 Å². The summed E-state index contributed by atoms with van der Waals surface area (Å²) in [5.41, 5.74) is 8.20. The number of aliphatic imine (C=N–C) groups is 1. The van der Waals surface area contributed by atoms with Crippen molar-refractivity contribution in [1.82, 2.24) is 0 Å². The molecule has 0 amide bonds. The fourth-order valence-corrected chi connectivity index (χ4v) is 4.45. The van der Waals surface area contributed by atoms with E-state index in [9.17, 15) is 5.26 Å². The maximum absolute atomic E-state index is 9.19. The Morgan fingerprint density at radius 2 is 2.07 bits per heavy atom. The summed E-state index contributed by atoms with van der Waals surface area (Å²) in [4.78, 5) is 4.69. The minimum absolute atomic E-state index is 0.178. The fourth-order valence-electron chi connectivity index (χ4n) is 4.45. The van der Waals surface area contributed by atoms with E-state index in [0.29, 0.717) is 18.8 Å². The van der Waals surface area contributed by atoms with Gasteiger partial charge >= 0.3 is 0 Å². The van der Waals surface area contributed by atoms with Crippen molar-refractivity contribution in [3.05, 3.63) is 53.6 Å². The van der Waals surface area contributed by atoms with Crippen molar-refractivity contribution in [2.45, 2.75) is 30.6 Å². The maximum Gasteiger partial charge on any atom is 0.283 e. The van der Waals surface area contributed by atoms with E-state index in [1.165, 1.54) is 0 Å². The molecule has 0 saturated carbocycles. The van der Waals surface area contributed by atoms with E-state index in [-0.39, 0.29) is 12.1 Å². The zero-order valence-corrected chi connectivity index (χ0v) is 14.9. The summed E-state index contributed by atoms with van der Waals surface area (Å²) in [6.07, 6.45) is 0.527. The first-order valence-electron chi connectivity index (χ1n) is 8.98. The summed E-state index contributed by atoms with van der Waals surface area (Å²) < 4.78 is 18.0. The largest absolute Gasteiger partial charge is 0.484 e. The Morgan fingerprint density at radius 3 is 2.85 bits per heavy atom. The third-order valence-electron chi connectivity index (χ3n) is 5.74. The molecule has 6 heteroatoms. The number of hydrogen-bond donors (Lipinski definition) is 1. The van der Waals surface area contributed by atoms with Crippen LogP contribution in [0.15, 0.2) is 47.5 Å². The van der Waals surface area contributed by atoms with Gasteiger partial charge in [0.2, 0.25) is 0 Å². The van der Waals surface area contributed by atoms with Gasteiger partial charge in [0.1, 0.15) is 24.1 Å². The predicted octanol–water partition coefficient (Wildman–Crippen LogP) is 2.71. The van der Waals surface area contributed by atoms with Crippen LogP contribution in [0.4, 0.5) is 0 Å². The lowest BCUT2D eigenvalue weighted by molar-refractivity contribution is -0.0755. The molecule has 0 aliphatic carbocycles. The summed E-state index contributed by atoms with van der Waals surface area (Å²) in [5, 5.41) is 9.19. The molecular weight excluding hydrogens is 342 g/mol. The Bertz CT molecular complexity index is 1010. The lowest BCUT2D eigenvalue weighted by Crippen LogP contribution is -2.57. The molecule has 136 valence electrons. The number of fused-ring (bicyclic) bond motifs is 4. The van der Waals surface area contributed by atoms with E-state index < -0.39 is 11.1 Å². The lowest BCUT2D eigenvalue weighted by atomic mass is 9.74. The average molecular weight is 361 g/mol. The van der Waals surface area contributed by atoms with Crippen molar-refractivity contribution < 1.29 is 14.2 Å². The number of nitrogens with zero attached hydrogens (tertiary/aromatic N) is 2. The highest BCUT2D eigenvalue weighted by Gasteiger charge is 2.62. The van der Waals surface area contributed by atoms with Gasteiger partial charge in [-0.15, -0.1) is 0 Å². The predicted molar refractivity (Wildman–Crippen MR) is 99.2 cm³/mol. The van der Waals surface area contributed by atoms with E-state index in [2.05, 4.69) is 19.1 Å². The second kappa shape index (κ2) is 5.48. The normalized spacial score (nSPS) is 30.7. The lowest BCUT2D eigenvalue weighted by Gasteiger charge is -2.45. The van der Waals surface area contributed by atoms with Crippen molar-refractivity contribution in [1.29, 1.82) is 5.26 Å². The van der Waals surface area contributed by atoms with E-state index >= 15 is 0 Å². The maximum atomic E-state index is 9.19. The van der Waals surface area contributed by atoms with Crippen LogP contribution in [-0.2, 0) is 15.0 Å². The molecule has 3 aliphatic rings. The van der Waals surface area contributed by atoms with Gasteiger partial charge in [-0.05, 0) is 42.3 Å². The smallest absolute Gasteiger partial charge is 0.283 e. The molecule has 0 bridgehead atoms. The minimum Gasteiger partial charge on any atom is -0.484 e. The molecule has 2 aromatic rings. The van der Waals surface area contributed by atoms with Crippen molar-refractivity contribution in [2.24, 2.45) is 10.7 Å². The van der Waals surface area contributed by atoms with E-state index in [4.69, 9.17) is 24.9 Å². The van der Waals surface area contributed by atoms with Crippen LogP contribution in [0.2, 0.25) is 0 Å². The first-order valence-corrected chi connectivity index (χ1v) is 8.98. The van der Waals surface area contributed by atoms with Gasteiger partial charge < -0.3 is 19.9 Å². The molecule has 0 unspecified atom stereocenters. The molecule has 3 atom stereocenters. The number of rotatable bonds is 1. The van der Waals surface area contributed by atoms with E-state index in [1.54, 1.807) is 6.07 Å². The SMILES string of the molecule is C[C@]12CCO[C@H]1[C@]1(COC(N)=N1)c1cc(-c3cccc(C#N)c3)ccc1O2. The third-order valence-corrected chi connectivity index (χ3v) is 5.74. The van der Waals surface area contributed by atoms with Gasteiger partial charge in [-0.25, -0.2) is 4.99 Å². The van der Waals surface area contributed by atoms with Gasteiger partial charge in [0.05, 0.1) is 18.2 Å². The number of nitrogens with two attached hydrogens (primary N) is 1. The standard InChI is InChI=1S/C21H19N3O3/c1-20-7-8-25-18(20)21(12-26-19(23)24-21)16-10-15(5-6-17(16)27-20)14-4-2-3-13(9-14)11-22/h2-6,9-10,18H,7-8,12H2,1H3,(H2,23,24)/t18-,20+,21+/m1/s1. The first-order chi connectivity index (χ1) is 13.0. The topological polar surface area (TPSA) is 89.9 Å². The molecule has 6 nitrogen and oxygen atoms in total. The highest BCUT2D eigenvalue weighted by Crippen LogP contribution is 2.53. The van der Waals surface area contributed by atoms with Gasteiger partial charge in [0.25, 0.3) is 6.02 Å². The van der Waals surface area contributed by atoms with Crippen LogP contribution in [0, 0.1) is 11.3 Å². The van der Waals surface area contributed by atoms with Crippen LogP contribution >= 0.6 is 0 Å². The molecule has 1 spiro atoms. The minimum atomic E-state index is -0.717. The average Bonchev–Trinajstić information content (AvgIpc) is 3.26. The zero-order valence-electron chi connectivity index (χ0n) is 14.9. The molecule has 5 rings (SSSR count). The van der Waals surface area contributed by atoms with Crippen molar-refractivity contribution in [3.63, 3.8) is 0 Å². The summed E-state index contributed by atoms with van der Waals surface area (Å²) in [6.45, 7) is 3.00. The van der Waals surface area contributed by atoms with Gasteiger partial charge in [0.15, 0.2) is 5.54 Å². The second-order valence-corrected chi connectivity index (χ2v) is 7.48. The fraction of sp³-hybridized carbons (Fsp3) is 0.333. The molecule has 3 aliphatic heterocycles. The Morgan fingerprint density at radius 1 is 1.22 bits per heavy atom. The summed E-state index contributed by atoms with van der Waals surface area (Å²) in [5.74, 6) is 0.779. The molecule has 1 saturated heterocycles. The molecule has 1 fully saturated rings. The molecule has 3 heterocycles. The van der Waals surface area contributed by atoms with Crippen LogP contribution in [0.1, 0.15) is 24.5 Å². The highest BCUT2D eigenvalue weighted by atomic mass is 16.6. The third kappa shape index (κ3) is 2.25. The Balaban J connectivity index is 1.69. The Labute approximate surface area is 157 Å². The number of hydrogen-bond acceptors (Lipinski definition) is 6. The Hall–Kier alpha value is -3.04. The molecular formula is C21H19N3O3. The highest BCUT2D eigenvalue weighted by molar-refractivity contribution is 5.76. The van der Waals surface area contributed by atoms with Crippen LogP contribution in [0.25, 0.3) is 11.1 Å². The van der Waals surface area contributed by atoms with Crippen LogP contribution in [0.3, 0.4) is 0 Å². The molecule has 2 N–H and O–H groups in total. The van der Waals surface area contributed by atoms with Crippen molar-refractivity contribution >= 4 is 6.02 Å². The van der Waals surface area contributed by atoms with Crippen molar-refractivity contribution in [3.8, 4) is 22.9 Å². The van der Waals surface area contributed by atoms with Crippen LogP contribution < -0.4 is 10.5 Å². The van der Waals surface area contributed by atoms with Crippen LogP contribution in [0.5, 0.6) is 5.75 Å². The number of ether oxygens (including phenoxy) is 3. The number of nitriles is 1. The van der Waals surface area contributed by atoms with Gasteiger partial charge in [-0.1, -0.05) is 18.2 Å². The summed E-state index contributed by atoms with van der Waals surface area (Å²) in [6, 6.07) is 15.9. The summed E-state index contributed by atoms with van der Waals surface area (Å²) >= 11 is 0. The molecule has 27 heavy (non-hydrogen) atoms. The van der Waals surface area contributed by atoms with E-state index in [0.717, 1.165) is 28.9 Å². The van der Waals surface area contributed by atoms with Crippen LogP contribution in [-0.4, -0.2) is 30.9 Å². The summed E-state index contributed by atoms with van der Waals surface area (Å²) in [7, 11) is 0. The monoisotopic (exact) mass is 361 g/mol. The molecule has 0 aromatic heterocycles. The molecule has 0 radical (unpaired) electrons. The van der Waals surface area contributed by atoms with Gasteiger partial charge in [0, 0.05) is 12.0 Å². The van der Waals surface area contributed by atoms with Gasteiger partial charge in [-0.3, -0.25) is 0 Å². The number of benzene rings is 2. The quantitative estimate of drug-likeness (QED) is 0.843. The van der Waals surface area contributed by atoms with E-state index in [1.807, 2.05) is 30.3 Å².